The van der Waals surface area contributed by atoms with Crippen molar-refractivity contribution >= 4 is 5.91 Å². The van der Waals surface area contributed by atoms with E-state index in [2.05, 4.69) is 9.88 Å². The van der Waals surface area contributed by atoms with Crippen molar-refractivity contribution in [3.8, 4) is 0 Å². The first-order valence-electron chi connectivity index (χ1n) is 7.42. The number of halogens is 2. The molecule has 3 rings (SSSR count). The maximum absolute atomic E-state index is 13.8. The van der Waals surface area contributed by atoms with E-state index in [4.69, 9.17) is 0 Å². The monoisotopic (exact) mass is 317 g/mol. The molecule has 0 radical (unpaired) electrons. The Hall–Kier alpha value is -2.34. The minimum absolute atomic E-state index is 0.0393. The molecule has 0 aliphatic carbocycles. The number of aromatic nitrogens is 1. The summed E-state index contributed by atoms with van der Waals surface area (Å²) in [4.78, 5) is 19.8. The molecular formula is C17H17F2N3O. The van der Waals surface area contributed by atoms with Gasteiger partial charge in [0.15, 0.2) is 11.5 Å². The van der Waals surface area contributed by atoms with Gasteiger partial charge in [-0.3, -0.25) is 9.69 Å². The third-order valence-electron chi connectivity index (χ3n) is 4.13. The zero-order valence-corrected chi connectivity index (χ0v) is 12.7. The highest BCUT2D eigenvalue weighted by molar-refractivity contribution is 5.92. The van der Waals surface area contributed by atoms with Gasteiger partial charge in [0.1, 0.15) is 5.82 Å². The third kappa shape index (κ3) is 3.22. The summed E-state index contributed by atoms with van der Waals surface area (Å²) >= 11 is 0. The molecule has 4 nitrogen and oxygen atoms in total. The summed E-state index contributed by atoms with van der Waals surface area (Å²) < 4.78 is 26.7. The van der Waals surface area contributed by atoms with E-state index in [-0.39, 0.29) is 11.7 Å². The van der Waals surface area contributed by atoms with E-state index >= 15 is 0 Å². The second-order valence-corrected chi connectivity index (χ2v) is 5.64. The Labute approximate surface area is 133 Å². The van der Waals surface area contributed by atoms with Crippen LogP contribution < -0.4 is 0 Å². The number of pyridine rings is 1. The Kier molecular flexibility index (Phi) is 4.34. The van der Waals surface area contributed by atoms with Gasteiger partial charge in [0.05, 0.1) is 12.2 Å². The number of carbonyl (C=O) groups is 1. The maximum Gasteiger partial charge on any atom is 0.275 e. The lowest BCUT2D eigenvalue weighted by molar-refractivity contribution is 0.0536. The number of hydrogen-bond donors (Lipinski definition) is 0. The normalized spacial score (nSPS) is 18.9. The summed E-state index contributed by atoms with van der Waals surface area (Å²) in [5.74, 6) is -2.22. The predicted molar refractivity (Wildman–Crippen MR) is 81.9 cm³/mol. The van der Waals surface area contributed by atoms with E-state index in [1.165, 1.54) is 0 Å². The SMILES string of the molecule is CN1CCN(C(=O)c2ncc(F)cc2F)CC1c1ccccc1. The smallest absolute Gasteiger partial charge is 0.275 e. The van der Waals surface area contributed by atoms with Crippen molar-refractivity contribution in [3.05, 3.63) is 65.5 Å². The number of likely N-dealkylation sites (N-methyl/N-ethyl adjacent to an activating group) is 1. The molecule has 1 unspecified atom stereocenters. The Bertz CT molecular complexity index is 708. The van der Waals surface area contributed by atoms with Crippen molar-refractivity contribution < 1.29 is 13.6 Å². The number of amides is 1. The molecule has 1 saturated heterocycles. The molecular weight excluding hydrogens is 300 g/mol. The highest BCUT2D eigenvalue weighted by Crippen LogP contribution is 2.24. The molecule has 0 bridgehead atoms. The molecule has 0 spiro atoms. The summed E-state index contributed by atoms with van der Waals surface area (Å²) in [7, 11) is 2.00. The van der Waals surface area contributed by atoms with Gasteiger partial charge in [-0.1, -0.05) is 30.3 Å². The molecule has 6 heteroatoms. The molecule has 1 aliphatic rings. The van der Waals surface area contributed by atoms with Crippen LogP contribution in [0.15, 0.2) is 42.6 Å². The summed E-state index contributed by atoms with van der Waals surface area (Å²) in [6.07, 6.45) is 0.862. The number of benzene rings is 1. The standard InChI is InChI=1S/C17H17F2N3O/c1-21-7-8-22(11-15(21)12-5-3-2-4-6-12)17(23)16-14(19)9-13(18)10-20-16/h2-6,9-10,15H,7-8,11H2,1H3. The largest absolute Gasteiger partial charge is 0.334 e. The predicted octanol–water partition coefficient (Wildman–Crippen LogP) is 2.49. The average Bonchev–Trinajstić information content (AvgIpc) is 2.55. The second kappa shape index (κ2) is 6.42. The van der Waals surface area contributed by atoms with Gasteiger partial charge in [0, 0.05) is 25.7 Å². The Morgan fingerprint density at radius 1 is 1.22 bits per heavy atom. The van der Waals surface area contributed by atoms with Gasteiger partial charge in [0.25, 0.3) is 5.91 Å². The van der Waals surface area contributed by atoms with Crippen LogP contribution >= 0.6 is 0 Å². The molecule has 1 fully saturated rings. The van der Waals surface area contributed by atoms with Crippen molar-refractivity contribution in [2.75, 3.05) is 26.7 Å². The van der Waals surface area contributed by atoms with Gasteiger partial charge in [0.2, 0.25) is 0 Å². The van der Waals surface area contributed by atoms with Gasteiger partial charge in [-0.05, 0) is 12.6 Å². The zero-order chi connectivity index (χ0) is 16.4. The topological polar surface area (TPSA) is 36.4 Å². The Morgan fingerprint density at radius 3 is 2.65 bits per heavy atom. The number of rotatable bonds is 2. The number of carbonyl (C=O) groups excluding carboxylic acids is 1. The zero-order valence-electron chi connectivity index (χ0n) is 12.7. The lowest BCUT2D eigenvalue weighted by atomic mass is 10.0. The minimum atomic E-state index is -0.926. The van der Waals surface area contributed by atoms with Crippen LogP contribution in [0.3, 0.4) is 0 Å². The van der Waals surface area contributed by atoms with E-state index in [1.807, 2.05) is 37.4 Å². The van der Waals surface area contributed by atoms with Crippen LogP contribution in [0.5, 0.6) is 0 Å². The van der Waals surface area contributed by atoms with E-state index in [0.717, 1.165) is 11.8 Å². The fourth-order valence-electron chi connectivity index (χ4n) is 2.81. The molecule has 2 heterocycles. The fraction of sp³-hybridized carbons (Fsp3) is 0.294. The van der Waals surface area contributed by atoms with E-state index in [9.17, 15) is 13.6 Å². The van der Waals surface area contributed by atoms with Crippen LogP contribution in [0.2, 0.25) is 0 Å². The van der Waals surface area contributed by atoms with E-state index < -0.39 is 17.5 Å². The molecule has 2 aromatic rings. The van der Waals surface area contributed by atoms with Crippen LogP contribution in [-0.2, 0) is 0 Å². The van der Waals surface area contributed by atoms with Gasteiger partial charge >= 0.3 is 0 Å². The summed E-state index contributed by atoms with van der Waals surface area (Å²) in [6, 6.07) is 10.6. The summed E-state index contributed by atoms with van der Waals surface area (Å²) in [6.45, 7) is 1.60. The van der Waals surface area contributed by atoms with Crippen molar-refractivity contribution in [2.24, 2.45) is 0 Å². The maximum atomic E-state index is 13.8. The fourth-order valence-corrected chi connectivity index (χ4v) is 2.81. The molecule has 1 atom stereocenters. The van der Waals surface area contributed by atoms with Gasteiger partial charge in [-0.15, -0.1) is 0 Å². The molecule has 120 valence electrons. The molecule has 0 saturated carbocycles. The lowest BCUT2D eigenvalue weighted by Gasteiger charge is -2.39. The number of hydrogen-bond acceptors (Lipinski definition) is 3. The third-order valence-corrected chi connectivity index (χ3v) is 4.13. The van der Waals surface area contributed by atoms with Crippen molar-refractivity contribution in [3.63, 3.8) is 0 Å². The van der Waals surface area contributed by atoms with Crippen molar-refractivity contribution in [1.82, 2.24) is 14.8 Å². The molecule has 0 N–H and O–H groups in total. The van der Waals surface area contributed by atoms with Gasteiger partial charge < -0.3 is 4.90 Å². The van der Waals surface area contributed by atoms with Gasteiger partial charge in [-0.2, -0.15) is 0 Å². The Morgan fingerprint density at radius 2 is 1.96 bits per heavy atom. The lowest BCUT2D eigenvalue weighted by Crippen LogP contribution is -2.49. The first-order valence-corrected chi connectivity index (χ1v) is 7.42. The molecule has 1 aromatic heterocycles. The van der Waals surface area contributed by atoms with E-state index in [1.54, 1.807) is 4.90 Å². The highest BCUT2D eigenvalue weighted by atomic mass is 19.1. The van der Waals surface area contributed by atoms with Crippen LogP contribution in [0.25, 0.3) is 0 Å². The molecule has 1 amide bonds. The minimum Gasteiger partial charge on any atom is -0.334 e. The molecule has 1 aromatic carbocycles. The summed E-state index contributed by atoms with van der Waals surface area (Å²) in [5, 5.41) is 0. The quantitative estimate of drug-likeness (QED) is 0.854. The van der Waals surface area contributed by atoms with Crippen LogP contribution in [0.4, 0.5) is 8.78 Å². The number of piperazine rings is 1. The van der Waals surface area contributed by atoms with Crippen LogP contribution in [0, 0.1) is 11.6 Å². The van der Waals surface area contributed by atoms with Gasteiger partial charge in [-0.25, -0.2) is 13.8 Å². The van der Waals surface area contributed by atoms with E-state index in [0.29, 0.717) is 25.7 Å². The average molecular weight is 317 g/mol. The summed E-state index contributed by atoms with van der Waals surface area (Å²) in [5.41, 5.74) is 0.766. The number of nitrogens with zero attached hydrogens (tertiary/aromatic N) is 3. The first-order chi connectivity index (χ1) is 11.1. The van der Waals surface area contributed by atoms with Crippen LogP contribution in [-0.4, -0.2) is 47.4 Å². The van der Waals surface area contributed by atoms with Crippen LogP contribution in [0.1, 0.15) is 22.1 Å². The highest BCUT2D eigenvalue weighted by Gasteiger charge is 2.30. The molecule has 23 heavy (non-hydrogen) atoms. The molecule has 1 aliphatic heterocycles. The second-order valence-electron chi connectivity index (χ2n) is 5.64. The van der Waals surface area contributed by atoms with Crippen molar-refractivity contribution in [2.45, 2.75) is 6.04 Å². The van der Waals surface area contributed by atoms with Crippen molar-refractivity contribution in [1.29, 1.82) is 0 Å². The Balaban J connectivity index is 1.82. The first kappa shape index (κ1) is 15.6.